The van der Waals surface area contributed by atoms with Gasteiger partial charge < -0.3 is 14.4 Å². The molecule has 3 heterocycles. The van der Waals surface area contributed by atoms with Crippen LogP contribution in [0.15, 0.2) is 36.8 Å². The lowest BCUT2D eigenvalue weighted by molar-refractivity contribution is -0.119. The van der Waals surface area contributed by atoms with Crippen LogP contribution in [0.25, 0.3) is 0 Å². The van der Waals surface area contributed by atoms with E-state index in [1.54, 1.807) is 22.8 Å². The molecule has 0 aliphatic carbocycles. The molecule has 1 unspecified atom stereocenters. The Hall–Kier alpha value is -3.23. The van der Waals surface area contributed by atoms with E-state index in [1.807, 2.05) is 13.8 Å². The summed E-state index contributed by atoms with van der Waals surface area (Å²) in [4.78, 5) is 47.5. The summed E-state index contributed by atoms with van der Waals surface area (Å²) in [7, 11) is 1.73. The molecule has 0 radical (unpaired) electrons. The molecule has 9 heteroatoms. The second-order valence-corrected chi connectivity index (χ2v) is 8.32. The van der Waals surface area contributed by atoms with E-state index in [-0.39, 0.29) is 12.5 Å². The molecule has 8 nitrogen and oxygen atoms in total. The van der Waals surface area contributed by atoms with Gasteiger partial charge in [0.15, 0.2) is 0 Å². The van der Waals surface area contributed by atoms with Crippen LogP contribution in [0.4, 0.5) is 14.9 Å². The van der Waals surface area contributed by atoms with Crippen LogP contribution >= 0.6 is 0 Å². The summed E-state index contributed by atoms with van der Waals surface area (Å²) in [6, 6.07) is 3.99. The number of aromatic nitrogens is 2. The van der Waals surface area contributed by atoms with Crippen molar-refractivity contribution in [3.63, 3.8) is 0 Å². The number of fused-ring (bicyclic) bond motifs is 1. The van der Waals surface area contributed by atoms with Crippen molar-refractivity contribution in [3.05, 3.63) is 48.3 Å². The van der Waals surface area contributed by atoms with E-state index >= 15 is 0 Å². The van der Waals surface area contributed by atoms with Crippen molar-refractivity contribution in [3.8, 4) is 0 Å². The lowest BCUT2D eigenvalue weighted by atomic mass is 9.92. The van der Waals surface area contributed by atoms with Gasteiger partial charge in [0.2, 0.25) is 0 Å². The van der Waals surface area contributed by atoms with Gasteiger partial charge in [0.1, 0.15) is 17.6 Å². The highest BCUT2D eigenvalue weighted by Gasteiger charge is 2.50. The highest BCUT2D eigenvalue weighted by Crippen LogP contribution is 2.33. The molecular weight excluding hydrogens is 377 g/mol. The Balaban J connectivity index is 1.68. The molecule has 1 aromatic heterocycles. The highest BCUT2D eigenvalue weighted by molar-refractivity contribution is 6.21. The summed E-state index contributed by atoms with van der Waals surface area (Å²) in [5, 5.41) is 0. The number of nitrogens with zero attached hydrogens (tertiary/aromatic N) is 5. The molecule has 0 spiro atoms. The standard InChI is InChI=1S/C20H22FN5O3/c1-20(2)10-24(17(27)15-8-22-12-23(15)3)9-16-18(28)26(19(29)25(16)11-20)14-6-4-13(21)5-7-14/h4-8,12,16H,9-11H2,1-3H3. The van der Waals surface area contributed by atoms with Crippen LogP contribution in [-0.4, -0.2) is 62.9 Å². The topological polar surface area (TPSA) is 78.8 Å². The maximum Gasteiger partial charge on any atom is 0.332 e. The molecule has 4 amide bonds. The minimum absolute atomic E-state index is 0.0930. The molecule has 2 aliphatic rings. The second kappa shape index (κ2) is 6.68. The summed E-state index contributed by atoms with van der Waals surface area (Å²) in [5.74, 6) is -1.10. The number of urea groups is 1. The first-order valence-electron chi connectivity index (χ1n) is 9.34. The average molecular weight is 399 g/mol. The zero-order valence-electron chi connectivity index (χ0n) is 16.5. The third kappa shape index (κ3) is 3.26. The molecular formula is C20H22FN5O3. The number of amides is 4. The third-order valence-electron chi connectivity index (χ3n) is 5.34. The van der Waals surface area contributed by atoms with Crippen molar-refractivity contribution in [2.45, 2.75) is 19.9 Å². The lowest BCUT2D eigenvalue weighted by Crippen LogP contribution is -2.44. The number of rotatable bonds is 2. The van der Waals surface area contributed by atoms with Gasteiger partial charge in [-0.1, -0.05) is 13.8 Å². The quantitative estimate of drug-likeness (QED) is 0.723. The van der Waals surface area contributed by atoms with E-state index < -0.39 is 29.2 Å². The summed E-state index contributed by atoms with van der Waals surface area (Å²) >= 11 is 0. The Morgan fingerprint density at radius 2 is 1.86 bits per heavy atom. The van der Waals surface area contributed by atoms with Crippen molar-refractivity contribution in [1.29, 1.82) is 0 Å². The molecule has 2 aromatic rings. The summed E-state index contributed by atoms with van der Waals surface area (Å²) in [6.07, 6.45) is 3.04. The Morgan fingerprint density at radius 3 is 2.48 bits per heavy atom. The van der Waals surface area contributed by atoms with Gasteiger partial charge in [0, 0.05) is 25.6 Å². The Labute approximate surface area is 167 Å². The first kappa shape index (κ1) is 19.1. The SMILES string of the molecule is Cn1cncc1C(=O)N1CC2C(=O)N(c3ccc(F)cc3)C(=O)N2CC(C)(C)C1. The first-order valence-corrected chi connectivity index (χ1v) is 9.34. The van der Waals surface area contributed by atoms with Crippen molar-refractivity contribution in [1.82, 2.24) is 19.4 Å². The fraction of sp³-hybridized carbons (Fsp3) is 0.400. The highest BCUT2D eigenvalue weighted by atomic mass is 19.1. The number of hydrogen-bond acceptors (Lipinski definition) is 4. The third-order valence-corrected chi connectivity index (χ3v) is 5.34. The normalized spacial score (nSPS) is 21.4. The van der Waals surface area contributed by atoms with E-state index in [0.29, 0.717) is 24.5 Å². The van der Waals surface area contributed by atoms with Crippen molar-refractivity contribution in [2.75, 3.05) is 24.5 Å². The number of carbonyl (C=O) groups is 3. The molecule has 2 fully saturated rings. The number of benzene rings is 1. The number of halogens is 1. The van der Waals surface area contributed by atoms with Crippen LogP contribution < -0.4 is 4.90 Å². The predicted molar refractivity (Wildman–Crippen MR) is 103 cm³/mol. The van der Waals surface area contributed by atoms with Gasteiger partial charge >= 0.3 is 6.03 Å². The van der Waals surface area contributed by atoms with E-state index in [4.69, 9.17) is 0 Å². The average Bonchev–Trinajstić information content (AvgIpc) is 3.12. The second-order valence-electron chi connectivity index (χ2n) is 8.32. The van der Waals surface area contributed by atoms with Crippen LogP contribution in [0.2, 0.25) is 0 Å². The minimum Gasteiger partial charge on any atom is -0.334 e. The van der Waals surface area contributed by atoms with E-state index in [2.05, 4.69) is 4.98 Å². The van der Waals surface area contributed by atoms with Gasteiger partial charge in [-0.25, -0.2) is 19.1 Å². The van der Waals surface area contributed by atoms with Gasteiger partial charge in [-0.05, 0) is 24.3 Å². The van der Waals surface area contributed by atoms with Crippen LogP contribution in [0.1, 0.15) is 24.3 Å². The number of carbonyl (C=O) groups excluding carboxylic acids is 3. The summed E-state index contributed by atoms with van der Waals surface area (Å²) in [6.45, 7) is 4.74. The number of aryl methyl sites for hydroxylation is 1. The number of imide groups is 1. The van der Waals surface area contributed by atoms with Crippen LogP contribution in [0.3, 0.4) is 0 Å². The lowest BCUT2D eigenvalue weighted by Gasteiger charge is -2.30. The fourth-order valence-corrected chi connectivity index (χ4v) is 4.00. The maximum atomic E-state index is 13.3. The van der Waals surface area contributed by atoms with Crippen molar-refractivity contribution >= 4 is 23.5 Å². The zero-order chi connectivity index (χ0) is 20.9. The minimum atomic E-state index is -0.786. The summed E-state index contributed by atoms with van der Waals surface area (Å²) < 4.78 is 14.9. The van der Waals surface area contributed by atoms with Crippen LogP contribution in [-0.2, 0) is 11.8 Å². The predicted octanol–water partition coefficient (Wildman–Crippen LogP) is 1.88. The maximum absolute atomic E-state index is 13.3. The summed E-state index contributed by atoms with van der Waals surface area (Å²) in [5.41, 5.74) is 0.316. The first-order chi connectivity index (χ1) is 13.7. The van der Waals surface area contributed by atoms with E-state index in [9.17, 15) is 18.8 Å². The largest absolute Gasteiger partial charge is 0.334 e. The van der Waals surface area contributed by atoms with Gasteiger partial charge in [-0.2, -0.15) is 0 Å². The van der Waals surface area contributed by atoms with Crippen LogP contribution in [0.5, 0.6) is 0 Å². The van der Waals surface area contributed by atoms with Gasteiger partial charge in [0.05, 0.1) is 24.8 Å². The Morgan fingerprint density at radius 1 is 1.17 bits per heavy atom. The molecule has 1 aromatic carbocycles. The molecule has 4 rings (SSSR count). The molecule has 0 N–H and O–H groups in total. The van der Waals surface area contributed by atoms with Gasteiger partial charge in [-0.15, -0.1) is 0 Å². The molecule has 1 atom stereocenters. The molecule has 2 aliphatic heterocycles. The van der Waals surface area contributed by atoms with E-state index in [1.165, 1.54) is 35.4 Å². The molecule has 29 heavy (non-hydrogen) atoms. The zero-order valence-corrected chi connectivity index (χ0v) is 16.5. The van der Waals surface area contributed by atoms with Gasteiger partial charge in [0.25, 0.3) is 11.8 Å². The Kier molecular flexibility index (Phi) is 4.40. The Bertz CT molecular complexity index is 984. The molecule has 152 valence electrons. The van der Waals surface area contributed by atoms with Crippen molar-refractivity contribution in [2.24, 2.45) is 12.5 Å². The number of anilines is 1. The number of hydrogen-bond donors (Lipinski definition) is 0. The number of imidazole rings is 1. The monoisotopic (exact) mass is 399 g/mol. The molecule has 0 bridgehead atoms. The fourth-order valence-electron chi connectivity index (χ4n) is 4.00. The van der Waals surface area contributed by atoms with E-state index in [0.717, 1.165) is 4.90 Å². The van der Waals surface area contributed by atoms with Gasteiger partial charge in [-0.3, -0.25) is 9.59 Å². The smallest absolute Gasteiger partial charge is 0.332 e. The molecule has 0 saturated carbocycles. The van der Waals surface area contributed by atoms with Crippen LogP contribution in [0, 0.1) is 11.2 Å². The molecule has 2 saturated heterocycles. The van der Waals surface area contributed by atoms with Crippen molar-refractivity contribution < 1.29 is 18.8 Å².